The summed E-state index contributed by atoms with van der Waals surface area (Å²) < 4.78 is 0. The second kappa shape index (κ2) is 4.91. The number of rotatable bonds is 4. The van der Waals surface area contributed by atoms with Gasteiger partial charge in [-0.15, -0.1) is 0 Å². The molecule has 0 amide bonds. The van der Waals surface area contributed by atoms with E-state index in [0.29, 0.717) is 0 Å². The quantitative estimate of drug-likeness (QED) is 0.399. The van der Waals surface area contributed by atoms with E-state index in [1.54, 1.807) is 0 Å². The fourth-order valence-electron chi connectivity index (χ4n) is 1.11. The van der Waals surface area contributed by atoms with Crippen LogP contribution < -0.4 is 11.3 Å². The maximum atomic E-state index is 5.11. The van der Waals surface area contributed by atoms with Gasteiger partial charge in [0.15, 0.2) is 0 Å². The Morgan fingerprint density at radius 1 is 1.42 bits per heavy atom. The van der Waals surface area contributed by atoms with Gasteiger partial charge in [0.05, 0.1) is 0 Å². The number of aryl methyl sites for hydroxylation is 1. The third-order valence-electron chi connectivity index (χ3n) is 1.79. The average Bonchev–Trinajstić information content (AvgIpc) is 2.09. The van der Waals surface area contributed by atoms with Gasteiger partial charge >= 0.3 is 0 Å². The van der Waals surface area contributed by atoms with E-state index in [0.717, 1.165) is 18.4 Å². The summed E-state index contributed by atoms with van der Waals surface area (Å²) in [5.41, 5.74) is 4.89. The largest absolute Gasteiger partial charge is 0.271 e. The second-order valence-electron chi connectivity index (χ2n) is 2.68. The minimum atomic E-state index is 0.934. The summed E-state index contributed by atoms with van der Waals surface area (Å²) in [6.07, 6.45) is 1.92. The SMILES string of the molecule is [CH2]c1ccccc1CC[CH]NN. The Morgan fingerprint density at radius 2 is 2.17 bits per heavy atom. The van der Waals surface area contributed by atoms with Crippen LogP contribution in [-0.2, 0) is 6.42 Å². The Bertz CT molecular complexity index is 233. The van der Waals surface area contributed by atoms with Crippen LogP contribution in [0.3, 0.4) is 0 Å². The van der Waals surface area contributed by atoms with Gasteiger partial charge in [-0.3, -0.25) is 11.3 Å². The molecule has 1 aromatic rings. The van der Waals surface area contributed by atoms with Crippen molar-refractivity contribution in [1.82, 2.24) is 5.43 Å². The minimum Gasteiger partial charge on any atom is -0.271 e. The molecular formula is C10H14N2. The van der Waals surface area contributed by atoms with E-state index in [2.05, 4.69) is 18.4 Å². The summed E-state index contributed by atoms with van der Waals surface area (Å²) in [5.74, 6) is 5.11. The normalized spacial score (nSPS) is 10.2. The number of hydrogen-bond acceptors (Lipinski definition) is 2. The molecule has 0 bridgehead atoms. The summed E-state index contributed by atoms with van der Waals surface area (Å²) in [6.45, 7) is 5.77. The molecule has 12 heavy (non-hydrogen) atoms. The van der Waals surface area contributed by atoms with Crippen molar-refractivity contribution in [2.75, 3.05) is 0 Å². The molecule has 0 atom stereocenters. The van der Waals surface area contributed by atoms with Crippen molar-refractivity contribution < 1.29 is 0 Å². The smallest absolute Gasteiger partial charge is 0.0380 e. The maximum Gasteiger partial charge on any atom is 0.0380 e. The highest BCUT2D eigenvalue weighted by Gasteiger charge is 1.95. The molecule has 0 saturated carbocycles. The number of nitrogens with one attached hydrogen (secondary N) is 1. The third kappa shape index (κ3) is 2.64. The van der Waals surface area contributed by atoms with Crippen molar-refractivity contribution >= 4 is 0 Å². The molecular weight excluding hydrogens is 148 g/mol. The molecule has 0 unspecified atom stereocenters. The van der Waals surface area contributed by atoms with E-state index < -0.39 is 0 Å². The summed E-state index contributed by atoms with van der Waals surface area (Å²) >= 11 is 0. The predicted octanol–water partition coefficient (Wildman–Crippen LogP) is 1.43. The van der Waals surface area contributed by atoms with Gasteiger partial charge in [0.1, 0.15) is 0 Å². The van der Waals surface area contributed by atoms with Gasteiger partial charge in [0, 0.05) is 6.54 Å². The molecule has 0 spiro atoms. The Balaban J connectivity index is 2.46. The van der Waals surface area contributed by atoms with Crippen LogP contribution >= 0.6 is 0 Å². The predicted molar refractivity (Wildman–Crippen MR) is 50.8 cm³/mol. The number of nitrogens with two attached hydrogens (primary N) is 1. The number of benzene rings is 1. The van der Waals surface area contributed by atoms with E-state index in [1.165, 1.54) is 5.56 Å². The molecule has 0 aliphatic rings. The zero-order valence-electron chi connectivity index (χ0n) is 7.09. The van der Waals surface area contributed by atoms with Crippen molar-refractivity contribution in [3.8, 4) is 0 Å². The highest BCUT2D eigenvalue weighted by molar-refractivity contribution is 5.29. The lowest BCUT2D eigenvalue weighted by Crippen LogP contribution is -2.18. The van der Waals surface area contributed by atoms with Gasteiger partial charge in [-0.05, 0) is 30.9 Å². The van der Waals surface area contributed by atoms with Gasteiger partial charge in [-0.25, -0.2) is 0 Å². The molecule has 2 nitrogen and oxygen atoms in total. The molecule has 64 valence electrons. The zero-order chi connectivity index (χ0) is 8.81. The molecule has 0 aliphatic carbocycles. The van der Waals surface area contributed by atoms with E-state index in [4.69, 9.17) is 5.84 Å². The zero-order valence-corrected chi connectivity index (χ0v) is 7.09. The lowest BCUT2D eigenvalue weighted by molar-refractivity contribution is 0.776. The maximum absolute atomic E-state index is 5.11. The third-order valence-corrected chi connectivity index (χ3v) is 1.79. The summed E-state index contributed by atoms with van der Waals surface area (Å²) in [7, 11) is 0. The Morgan fingerprint density at radius 3 is 2.83 bits per heavy atom. The van der Waals surface area contributed by atoms with Crippen LogP contribution in [0, 0.1) is 13.5 Å². The second-order valence-corrected chi connectivity index (χ2v) is 2.68. The van der Waals surface area contributed by atoms with Gasteiger partial charge in [0.2, 0.25) is 0 Å². The van der Waals surface area contributed by atoms with Crippen LogP contribution in [-0.4, -0.2) is 0 Å². The van der Waals surface area contributed by atoms with E-state index in [-0.39, 0.29) is 0 Å². The molecule has 1 aromatic carbocycles. The first-order chi connectivity index (χ1) is 5.84. The molecule has 3 N–H and O–H groups in total. The fraction of sp³-hybridized carbons (Fsp3) is 0.200. The molecule has 1 rings (SSSR count). The van der Waals surface area contributed by atoms with E-state index in [1.807, 2.05) is 24.7 Å². The molecule has 0 aliphatic heterocycles. The van der Waals surface area contributed by atoms with E-state index >= 15 is 0 Å². The first-order valence-corrected chi connectivity index (χ1v) is 4.02. The standard InChI is InChI=1S/C10H14N2/c1-9-5-2-3-6-10(9)7-4-8-12-11/h2-3,5-6,8,12H,1,4,7,11H2. The van der Waals surface area contributed by atoms with Gasteiger partial charge < -0.3 is 0 Å². The first kappa shape index (κ1) is 9.23. The fourth-order valence-corrected chi connectivity index (χ4v) is 1.11. The van der Waals surface area contributed by atoms with Gasteiger partial charge in [0.25, 0.3) is 0 Å². The van der Waals surface area contributed by atoms with Crippen LogP contribution in [0.1, 0.15) is 17.5 Å². The first-order valence-electron chi connectivity index (χ1n) is 4.02. The molecule has 0 saturated heterocycles. The summed E-state index contributed by atoms with van der Waals surface area (Å²) in [6, 6.07) is 8.13. The van der Waals surface area contributed by atoms with Crippen molar-refractivity contribution in [1.29, 1.82) is 0 Å². The number of hydrazine groups is 1. The lowest BCUT2D eigenvalue weighted by Gasteiger charge is -2.03. The monoisotopic (exact) mass is 162 g/mol. The van der Waals surface area contributed by atoms with Crippen molar-refractivity contribution in [3.05, 3.63) is 48.9 Å². The van der Waals surface area contributed by atoms with Crippen molar-refractivity contribution in [2.24, 2.45) is 5.84 Å². The summed E-state index contributed by atoms with van der Waals surface area (Å²) in [5, 5.41) is 0. The lowest BCUT2D eigenvalue weighted by atomic mass is 10.0. The molecule has 0 fully saturated rings. The highest BCUT2D eigenvalue weighted by atomic mass is 15.2. The highest BCUT2D eigenvalue weighted by Crippen LogP contribution is 2.09. The van der Waals surface area contributed by atoms with E-state index in [9.17, 15) is 0 Å². The number of hydrogen-bond donors (Lipinski definition) is 2. The van der Waals surface area contributed by atoms with Crippen LogP contribution in [0.25, 0.3) is 0 Å². The Hall–Kier alpha value is -0.860. The van der Waals surface area contributed by atoms with Crippen LogP contribution in [0.5, 0.6) is 0 Å². The Labute approximate surface area is 73.8 Å². The van der Waals surface area contributed by atoms with Crippen molar-refractivity contribution in [3.63, 3.8) is 0 Å². The van der Waals surface area contributed by atoms with Gasteiger partial charge in [-0.1, -0.05) is 24.3 Å². The topological polar surface area (TPSA) is 38.0 Å². The molecule has 2 heteroatoms. The van der Waals surface area contributed by atoms with Crippen LogP contribution in [0.4, 0.5) is 0 Å². The summed E-state index contributed by atoms with van der Waals surface area (Å²) in [4.78, 5) is 0. The average molecular weight is 162 g/mol. The van der Waals surface area contributed by atoms with Gasteiger partial charge in [-0.2, -0.15) is 0 Å². The molecule has 0 heterocycles. The minimum absolute atomic E-state index is 0.934. The van der Waals surface area contributed by atoms with Crippen LogP contribution in [0.2, 0.25) is 0 Å². The molecule has 0 aromatic heterocycles. The molecule has 2 radical (unpaired) electrons. The van der Waals surface area contributed by atoms with Crippen LogP contribution in [0.15, 0.2) is 24.3 Å². The Kier molecular flexibility index (Phi) is 3.77. The van der Waals surface area contributed by atoms with Crippen molar-refractivity contribution in [2.45, 2.75) is 12.8 Å².